The van der Waals surface area contributed by atoms with E-state index in [1.807, 2.05) is 0 Å². The maximum absolute atomic E-state index is 3.65. The summed E-state index contributed by atoms with van der Waals surface area (Å²) in [5, 5.41) is 3.65. The number of nitrogens with one attached hydrogen (secondary N) is 1. The highest BCUT2D eigenvalue weighted by Crippen LogP contribution is 2.28. The van der Waals surface area contributed by atoms with Crippen LogP contribution in [0.1, 0.15) is 48.5 Å². The monoisotopic (exact) mass is 226 g/mol. The third-order valence-electron chi connectivity index (χ3n) is 4.05. The fourth-order valence-corrected chi connectivity index (χ4v) is 2.25. The van der Waals surface area contributed by atoms with Gasteiger partial charge in [0, 0.05) is 31.7 Å². The predicted molar refractivity (Wildman–Crippen MR) is 71.7 cm³/mol. The van der Waals surface area contributed by atoms with E-state index in [9.17, 15) is 0 Å². The molecule has 2 nitrogen and oxygen atoms in total. The van der Waals surface area contributed by atoms with Crippen molar-refractivity contribution in [1.82, 2.24) is 10.2 Å². The third kappa shape index (κ3) is 3.46. The van der Waals surface area contributed by atoms with Gasteiger partial charge in [0.25, 0.3) is 0 Å². The van der Waals surface area contributed by atoms with Crippen molar-refractivity contribution in [1.29, 1.82) is 0 Å². The quantitative estimate of drug-likeness (QED) is 0.739. The Hall–Kier alpha value is -0.0800. The second kappa shape index (κ2) is 4.66. The largest absolute Gasteiger partial charge is 0.311 e. The highest BCUT2D eigenvalue weighted by atomic mass is 15.2. The summed E-state index contributed by atoms with van der Waals surface area (Å²) in [6, 6.07) is 1.27. The average Bonchev–Trinajstić information content (AvgIpc) is 2.14. The molecular formula is C14H30N2. The summed E-state index contributed by atoms with van der Waals surface area (Å²) in [5.74, 6) is 0. The number of nitrogens with zero attached hydrogens (tertiary/aromatic N) is 1. The Labute approximate surface area is 102 Å². The van der Waals surface area contributed by atoms with Crippen LogP contribution < -0.4 is 5.32 Å². The maximum atomic E-state index is 3.65. The van der Waals surface area contributed by atoms with Crippen molar-refractivity contribution in [3.05, 3.63) is 0 Å². The molecule has 0 radical (unpaired) electrons. The van der Waals surface area contributed by atoms with Crippen LogP contribution in [0.4, 0.5) is 0 Å². The molecule has 0 saturated carbocycles. The fourth-order valence-electron chi connectivity index (χ4n) is 2.25. The topological polar surface area (TPSA) is 15.3 Å². The van der Waals surface area contributed by atoms with Gasteiger partial charge < -0.3 is 5.32 Å². The first-order valence-corrected chi connectivity index (χ1v) is 6.60. The first-order chi connectivity index (χ1) is 7.12. The van der Waals surface area contributed by atoms with E-state index < -0.39 is 0 Å². The summed E-state index contributed by atoms with van der Waals surface area (Å²) in [6.45, 7) is 19.9. The minimum atomic E-state index is 0.357. The lowest BCUT2D eigenvalue weighted by molar-refractivity contribution is 0.0559. The zero-order valence-electron chi connectivity index (χ0n) is 12.2. The third-order valence-corrected chi connectivity index (χ3v) is 4.05. The van der Waals surface area contributed by atoms with E-state index in [1.165, 1.54) is 13.1 Å². The molecule has 2 heteroatoms. The van der Waals surface area contributed by atoms with E-state index in [0.717, 1.165) is 6.54 Å². The Bertz CT molecular complexity index is 210. The first-order valence-electron chi connectivity index (χ1n) is 6.60. The van der Waals surface area contributed by atoms with Crippen LogP contribution in [0.3, 0.4) is 0 Å². The second-order valence-corrected chi connectivity index (χ2v) is 7.41. The van der Waals surface area contributed by atoms with Crippen molar-refractivity contribution in [3.8, 4) is 0 Å². The minimum absolute atomic E-state index is 0.357. The predicted octanol–water partition coefficient (Wildman–Crippen LogP) is 2.74. The minimum Gasteiger partial charge on any atom is -0.311 e. The van der Waals surface area contributed by atoms with Gasteiger partial charge in [-0.1, -0.05) is 41.5 Å². The van der Waals surface area contributed by atoms with Crippen molar-refractivity contribution in [2.24, 2.45) is 10.8 Å². The van der Waals surface area contributed by atoms with Gasteiger partial charge in [0.2, 0.25) is 0 Å². The van der Waals surface area contributed by atoms with Crippen LogP contribution in [0.2, 0.25) is 0 Å². The van der Waals surface area contributed by atoms with Gasteiger partial charge in [-0.25, -0.2) is 0 Å². The number of hydrogen-bond donors (Lipinski definition) is 1. The van der Waals surface area contributed by atoms with Crippen molar-refractivity contribution in [2.45, 2.75) is 60.5 Å². The summed E-state index contributed by atoms with van der Waals surface area (Å²) in [5.41, 5.74) is 0.732. The van der Waals surface area contributed by atoms with E-state index in [4.69, 9.17) is 0 Å². The molecule has 1 fully saturated rings. The van der Waals surface area contributed by atoms with E-state index in [2.05, 4.69) is 58.7 Å². The molecule has 0 bridgehead atoms. The molecule has 0 aromatic carbocycles. The summed E-state index contributed by atoms with van der Waals surface area (Å²) in [6.07, 6.45) is 0. The standard InChI is InChI=1S/C14H30N2/c1-11(13(2,3)4)16-9-8-15-12(10-16)14(5,6)7/h11-12,15H,8-10H2,1-7H3. The maximum Gasteiger partial charge on any atom is 0.0244 e. The molecule has 0 aromatic rings. The second-order valence-electron chi connectivity index (χ2n) is 7.41. The Kier molecular flexibility index (Phi) is 4.07. The van der Waals surface area contributed by atoms with Gasteiger partial charge in [0.15, 0.2) is 0 Å². The smallest absolute Gasteiger partial charge is 0.0244 e. The van der Waals surface area contributed by atoms with E-state index >= 15 is 0 Å². The lowest BCUT2D eigenvalue weighted by Gasteiger charge is -2.46. The summed E-state index contributed by atoms with van der Waals surface area (Å²) >= 11 is 0. The van der Waals surface area contributed by atoms with Crippen LogP contribution in [-0.2, 0) is 0 Å². The van der Waals surface area contributed by atoms with E-state index in [0.29, 0.717) is 22.9 Å². The molecule has 0 aromatic heterocycles. The number of hydrogen-bond acceptors (Lipinski definition) is 2. The van der Waals surface area contributed by atoms with Crippen molar-refractivity contribution in [3.63, 3.8) is 0 Å². The van der Waals surface area contributed by atoms with Crippen LogP contribution in [0, 0.1) is 10.8 Å². The van der Waals surface area contributed by atoms with Gasteiger partial charge in [-0.2, -0.15) is 0 Å². The summed E-state index contributed by atoms with van der Waals surface area (Å²) in [4.78, 5) is 2.65. The van der Waals surface area contributed by atoms with Crippen LogP contribution in [0.5, 0.6) is 0 Å². The first kappa shape index (κ1) is 14.0. The molecule has 1 aliphatic rings. The highest BCUT2D eigenvalue weighted by Gasteiger charge is 2.34. The van der Waals surface area contributed by atoms with Gasteiger partial charge in [-0.15, -0.1) is 0 Å². The molecular weight excluding hydrogens is 196 g/mol. The molecule has 0 aliphatic carbocycles. The molecule has 0 amide bonds. The number of rotatable bonds is 1. The zero-order chi connectivity index (χ0) is 12.6. The molecule has 0 spiro atoms. The van der Waals surface area contributed by atoms with E-state index in [1.54, 1.807) is 0 Å². The van der Waals surface area contributed by atoms with Gasteiger partial charge in [-0.05, 0) is 17.8 Å². The summed E-state index contributed by atoms with van der Waals surface area (Å²) < 4.78 is 0. The molecule has 16 heavy (non-hydrogen) atoms. The molecule has 1 heterocycles. The van der Waals surface area contributed by atoms with Crippen molar-refractivity contribution >= 4 is 0 Å². The van der Waals surface area contributed by atoms with Crippen LogP contribution in [0.15, 0.2) is 0 Å². The molecule has 2 atom stereocenters. The van der Waals surface area contributed by atoms with Crippen LogP contribution in [-0.4, -0.2) is 36.6 Å². The Morgan fingerprint density at radius 2 is 1.69 bits per heavy atom. The molecule has 1 aliphatic heterocycles. The Morgan fingerprint density at radius 1 is 1.12 bits per heavy atom. The van der Waals surface area contributed by atoms with Crippen LogP contribution >= 0.6 is 0 Å². The summed E-state index contributed by atoms with van der Waals surface area (Å²) in [7, 11) is 0. The molecule has 2 unspecified atom stereocenters. The van der Waals surface area contributed by atoms with Gasteiger partial charge in [-0.3, -0.25) is 4.90 Å². The Balaban J connectivity index is 2.64. The van der Waals surface area contributed by atoms with E-state index in [-0.39, 0.29) is 0 Å². The lowest BCUT2D eigenvalue weighted by atomic mass is 9.82. The van der Waals surface area contributed by atoms with Gasteiger partial charge in [0.05, 0.1) is 0 Å². The molecule has 96 valence electrons. The van der Waals surface area contributed by atoms with Crippen LogP contribution in [0.25, 0.3) is 0 Å². The zero-order valence-corrected chi connectivity index (χ0v) is 12.2. The van der Waals surface area contributed by atoms with Gasteiger partial charge >= 0.3 is 0 Å². The lowest BCUT2D eigenvalue weighted by Crippen LogP contribution is -2.59. The van der Waals surface area contributed by atoms with Gasteiger partial charge in [0.1, 0.15) is 0 Å². The normalized spacial score (nSPS) is 26.8. The fraction of sp³-hybridized carbons (Fsp3) is 1.00. The van der Waals surface area contributed by atoms with Crippen molar-refractivity contribution < 1.29 is 0 Å². The SMILES string of the molecule is CC(N1CCNC(C(C)(C)C)C1)C(C)(C)C. The van der Waals surface area contributed by atoms with Crippen molar-refractivity contribution in [2.75, 3.05) is 19.6 Å². The molecule has 1 rings (SSSR count). The molecule has 1 saturated heterocycles. The molecule has 1 N–H and O–H groups in total. The number of piperazine rings is 1. The highest BCUT2D eigenvalue weighted by molar-refractivity contribution is 4.91. The average molecular weight is 226 g/mol. The Morgan fingerprint density at radius 3 is 2.12 bits per heavy atom.